The van der Waals surface area contributed by atoms with Crippen LogP contribution in [0.4, 0.5) is 5.69 Å². The van der Waals surface area contributed by atoms with Crippen LogP contribution in [0.25, 0.3) is 0 Å². The van der Waals surface area contributed by atoms with Crippen LogP contribution in [-0.2, 0) is 10.2 Å². The van der Waals surface area contributed by atoms with Crippen LogP contribution in [0.5, 0.6) is 0 Å². The van der Waals surface area contributed by atoms with Gasteiger partial charge in [0.1, 0.15) is 0 Å². The molecule has 0 bridgehead atoms. The lowest BCUT2D eigenvalue weighted by Crippen LogP contribution is -2.35. The second-order valence-corrected chi connectivity index (χ2v) is 6.02. The van der Waals surface area contributed by atoms with E-state index in [0.717, 1.165) is 0 Å². The highest BCUT2D eigenvalue weighted by Crippen LogP contribution is 2.24. The molecule has 0 aromatic heterocycles. The average Bonchev–Trinajstić information content (AvgIpc) is 2.32. The normalized spacial score (nSPS) is 11.3. The fourth-order valence-corrected chi connectivity index (χ4v) is 3.31. The molecule has 0 atom stereocenters. The summed E-state index contributed by atoms with van der Waals surface area (Å²) in [6, 6.07) is 6.67. The quantitative estimate of drug-likeness (QED) is 0.899. The molecule has 0 saturated heterocycles. The van der Waals surface area contributed by atoms with E-state index in [1.54, 1.807) is 32.0 Å². The van der Waals surface area contributed by atoms with Crippen LogP contribution in [-0.4, -0.2) is 25.8 Å². The van der Waals surface area contributed by atoms with Gasteiger partial charge in [0.25, 0.3) is 0 Å². The van der Waals surface area contributed by atoms with Crippen LogP contribution in [0.15, 0.2) is 22.7 Å². The Kier molecular flexibility index (Phi) is 5.14. The molecule has 0 aliphatic carbocycles. The van der Waals surface area contributed by atoms with Crippen LogP contribution in [0.1, 0.15) is 19.4 Å². The molecule has 0 amide bonds. The van der Waals surface area contributed by atoms with Crippen molar-refractivity contribution in [2.45, 2.75) is 13.8 Å². The highest BCUT2D eigenvalue weighted by Gasteiger charge is 2.19. The highest BCUT2D eigenvalue weighted by atomic mass is 79.9. The van der Waals surface area contributed by atoms with Crippen LogP contribution < -0.4 is 4.72 Å². The lowest BCUT2D eigenvalue weighted by molar-refractivity contribution is 0.449. The molecular weight excluding hydrogens is 318 g/mol. The summed E-state index contributed by atoms with van der Waals surface area (Å²) < 4.78 is 28.3. The molecule has 0 aliphatic heterocycles. The first-order valence-electron chi connectivity index (χ1n) is 5.42. The molecule has 18 heavy (non-hydrogen) atoms. The summed E-state index contributed by atoms with van der Waals surface area (Å²) in [5.41, 5.74) is 0.883. The standard InChI is InChI=1S/C11H14BrN3O2S/c1-3-15(4-2)18(16,17)14-11-6-5-9(8-13)7-10(11)12/h5-7,14H,3-4H2,1-2H3. The lowest BCUT2D eigenvalue weighted by atomic mass is 10.2. The van der Waals surface area contributed by atoms with Gasteiger partial charge >= 0.3 is 10.2 Å². The lowest BCUT2D eigenvalue weighted by Gasteiger charge is -2.19. The first-order chi connectivity index (χ1) is 8.44. The van der Waals surface area contributed by atoms with E-state index >= 15 is 0 Å². The number of halogens is 1. The third-order valence-corrected chi connectivity index (χ3v) is 4.71. The molecule has 0 radical (unpaired) electrons. The van der Waals surface area contributed by atoms with E-state index in [1.807, 2.05) is 6.07 Å². The fourth-order valence-electron chi connectivity index (χ4n) is 1.43. The minimum absolute atomic E-state index is 0.403. The van der Waals surface area contributed by atoms with Gasteiger partial charge in [0, 0.05) is 17.6 Å². The van der Waals surface area contributed by atoms with Gasteiger partial charge in [-0.25, -0.2) is 0 Å². The summed E-state index contributed by atoms with van der Waals surface area (Å²) >= 11 is 3.24. The molecule has 0 spiro atoms. The topological polar surface area (TPSA) is 73.2 Å². The van der Waals surface area contributed by atoms with Crippen molar-refractivity contribution < 1.29 is 8.42 Å². The number of rotatable bonds is 5. The SMILES string of the molecule is CCN(CC)S(=O)(=O)Nc1ccc(C#N)cc1Br. The number of nitrogens with one attached hydrogen (secondary N) is 1. The Morgan fingerprint density at radius 3 is 2.44 bits per heavy atom. The van der Waals surface area contributed by atoms with E-state index in [9.17, 15) is 8.42 Å². The van der Waals surface area contributed by atoms with Gasteiger partial charge in [0.15, 0.2) is 0 Å². The molecular formula is C11H14BrN3O2S. The Morgan fingerprint density at radius 2 is 2.00 bits per heavy atom. The summed E-state index contributed by atoms with van der Waals surface area (Å²) in [6.07, 6.45) is 0. The number of hydrogen-bond donors (Lipinski definition) is 1. The summed E-state index contributed by atoms with van der Waals surface area (Å²) in [4.78, 5) is 0. The Hall–Kier alpha value is -1.10. The number of nitriles is 1. The zero-order valence-electron chi connectivity index (χ0n) is 10.1. The van der Waals surface area contributed by atoms with Gasteiger partial charge in [-0.1, -0.05) is 13.8 Å². The van der Waals surface area contributed by atoms with Crippen molar-refractivity contribution in [1.29, 1.82) is 5.26 Å². The van der Waals surface area contributed by atoms with Crippen molar-refractivity contribution in [2.75, 3.05) is 17.8 Å². The summed E-state index contributed by atoms with van der Waals surface area (Å²) in [5.74, 6) is 0. The first-order valence-corrected chi connectivity index (χ1v) is 7.65. The predicted octanol–water partition coefficient (Wildman–Crippen LogP) is 2.32. The summed E-state index contributed by atoms with van der Waals surface area (Å²) in [7, 11) is -3.55. The summed E-state index contributed by atoms with van der Waals surface area (Å²) in [6.45, 7) is 4.35. The van der Waals surface area contributed by atoms with Crippen molar-refractivity contribution in [2.24, 2.45) is 0 Å². The molecule has 98 valence electrons. The Balaban J connectivity index is 3.02. The number of hydrogen-bond acceptors (Lipinski definition) is 3. The second-order valence-electron chi connectivity index (χ2n) is 3.50. The third-order valence-electron chi connectivity index (χ3n) is 2.38. The molecule has 0 saturated carbocycles. The molecule has 0 fully saturated rings. The van der Waals surface area contributed by atoms with Crippen LogP contribution in [0, 0.1) is 11.3 Å². The van der Waals surface area contributed by atoms with Gasteiger partial charge in [-0.2, -0.15) is 18.0 Å². The zero-order chi connectivity index (χ0) is 13.8. The van der Waals surface area contributed by atoms with Crippen LogP contribution in [0.3, 0.4) is 0 Å². The smallest absolute Gasteiger partial charge is 0.270 e. The Bertz CT molecular complexity index is 562. The summed E-state index contributed by atoms with van der Waals surface area (Å²) in [5, 5.41) is 8.73. The van der Waals surface area contributed by atoms with Crippen molar-refractivity contribution in [3.63, 3.8) is 0 Å². The average molecular weight is 332 g/mol. The van der Waals surface area contributed by atoms with Gasteiger partial charge in [0.05, 0.1) is 17.3 Å². The molecule has 1 aromatic carbocycles. The maximum atomic E-state index is 12.0. The minimum atomic E-state index is -3.55. The molecule has 0 unspecified atom stereocenters. The van der Waals surface area contributed by atoms with Gasteiger partial charge in [-0.05, 0) is 34.1 Å². The number of nitrogens with zero attached hydrogens (tertiary/aromatic N) is 2. The van der Waals surface area contributed by atoms with Crippen LogP contribution >= 0.6 is 15.9 Å². The van der Waals surface area contributed by atoms with Crippen molar-refractivity contribution >= 4 is 31.8 Å². The van der Waals surface area contributed by atoms with E-state index in [4.69, 9.17) is 5.26 Å². The van der Waals surface area contributed by atoms with E-state index in [-0.39, 0.29) is 0 Å². The number of benzene rings is 1. The number of anilines is 1. The Labute approximate surface area is 116 Å². The Morgan fingerprint density at radius 1 is 1.39 bits per heavy atom. The fraction of sp³-hybridized carbons (Fsp3) is 0.364. The van der Waals surface area contributed by atoms with E-state index in [0.29, 0.717) is 28.8 Å². The van der Waals surface area contributed by atoms with Gasteiger partial charge < -0.3 is 0 Å². The highest BCUT2D eigenvalue weighted by molar-refractivity contribution is 9.10. The molecule has 1 aromatic rings. The predicted molar refractivity (Wildman–Crippen MR) is 74.3 cm³/mol. The zero-order valence-corrected chi connectivity index (χ0v) is 12.5. The molecule has 7 heteroatoms. The third kappa shape index (κ3) is 3.45. The van der Waals surface area contributed by atoms with E-state index < -0.39 is 10.2 Å². The maximum Gasteiger partial charge on any atom is 0.301 e. The maximum absolute atomic E-state index is 12.0. The van der Waals surface area contributed by atoms with Crippen molar-refractivity contribution in [3.8, 4) is 6.07 Å². The second kappa shape index (κ2) is 6.18. The van der Waals surface area contributed by atoms with Crippen molar-refractivity contribution in [3.05, 3.63) is 28.2 Å². The molecule has 0 aliphatic rings. The van der Waals surface area contributed by atoms with E-state index in [2.05, 4.69) is 20.7 Å². The molecule has 1 N–H and O–H groups in total. The molecule has 5 nitrogen and oxygen atoms in total. The van der Waals surface area contributed by atoms with E-state index in [1.165, 1.54) is 4.31 Å². The van der Waals surface area contributed by atoms with Gasteiger partial charge in [0.2, 0.25) is 0 Å². The first kappa shape index (κ1) is 15.0. The van der Waals surface area contributed by atoms with Gasteiger partial charge in [-0.15, -0.1) is 0 Å². The monoisotopic (exact) mass is 331 g/mol. The van der Waals surface area contributed by atoms with Crippen molar-refractivity contribution in [1.82, 2.24) is 4.31 Å². The minimum Gasteiger partial charge on any atom is -0.270 e. The largest absolute Gasteiger partial charge is 0.301 e. The molecule has 1 rings (SSSR count). The van der Waals surface area contributed by atoms with Crippen LogP contribution in [0.2, 0.25) is 0 Å². The molecule has 0 heterocycles. The van der Waals surface area contributed by atoms with Gasteiger partial charge in [-0.3, -0.25) is 4.72 Å².